The molecular formula is C14H21NO5S. The molecule has 1 atom stereocenters. The van der Waals surface area contributed by atoms with Crippen LogP contribution in [0.5, 0.6) is 11.5 Å². The molecule has 1 N–H and O–H groups in total. The monoisotopic (exact) mass is 315 g/mol. The van der Waals surface area contributed by atoms with Crippen LogP contribution in [0, 0.1) is 12.8 Å². The summed E-state index contributed by atoms with van der Waals surface area (Å²) in [6.45, 7) is 3.42. The van der Waals surface area contributed by atoms with Crippen molar-refractivity contribution < 1.29 is 22.6 Å². The molecular weight excluding hydrogens is 294 g/mol. The summed E-state index contributed by atoms with van der Waals surface area (Å²) < 4.78 is 43.1. The third kappa shape index (κ3) is 3.66. The Bertz CT molecular complexity index is 594. The van der Waals surface area contributed by atoms with Crippen LogP contribution in [-0.4, -0.2) is 42.4 Å². The Morgan fingerprint density at radius 2 is 1.95 bits per heavy atom. The first-order valence-corrected chi connectivity index (χ1v) is 8.26. The van der Waals surface area contributed by atoms with Gasteiger partial charge in [-0.25, -0.2) is 13.1 Å². The molecule has 1 aromatic rings. The summed E-state index contributed by atoms with van der Waals surface area (Å²) in [5.74, 6) is 1.14. The molecule has 1 saturated heterocycles. The van der Waals surface area contributed by atoms with Gasteiger partial charge in [-0.15, -0.1) is 0 Å². The lowest BCUT2D eigenvalue weighted by Crippen LogP contribution is -2.30. The third-order valence-electron chi connectivity index (χ3n) is 3.56. The number of sulfonamides is 1. The first-order chi connectivity index (χ1) is 9.97. The van der Waals surface area contributed by atoms with Gasteiger partial charge >= 0.3 is 0 Å². The number of ether oxygens (including phenoxy) is 3. The minimum Gasteiger partial charge on any atom is -0.493 e. The van der Waals surface area contributed by atoms with Crippen molar-refractivity contribution in [2.45, 2.75) is 18.2 Å². The Labute approximate surface area is 125 Å². The largest absolute Gasteiger partial charge is 0.493 e. The average molecular weight is 315 g/mol. The minimum absolute atomic E-state index is 0.207. The van der Waals surface area contributed by atoms with Gasteiger partial charge in [0.1, 0.15) is 0 Å². The quantitative estimate of drug-likeness (QED) is 0.857. The van der Waals surface area contributed by atoms with Gasteiger partial charge in [0.15, 0.2) is 11.5 Å². The van der Waals surface area contributed by atoms with E-state index in [1.165, 1.54) is 20.3 Å². The summed E-state index contributed by atoms with van der Waals surface area (Å²) in [5, 5.41) is 0. The zero-order valence-corrected chi connectivity index (χ0v) is 13.3. The minimum atomic E-state index is -3.58. The van der Waals surface area contributed by atoms with Crippen LogP contribution < -0.4 is 14.2 Å². The number of hydrogen-bond acceptors (Lipinski definition) is 5. The highest BCUT2D eigenvalue weighted by molar-refractivity contribution is 7.89. The van der Waals surface area contributed by atoms with E-state index >= 15 is 0 Å². The number of rotatable bonds is 6. The maximum absolute atomic E-state index is 12.4. The first-order valence-electron chi connectivity index (χ1n) is 6.78. The molecule has 6 nitrogen and oxygen atoms in total. The Kier molecular flexibility index (Phi) is 5.08. The summed E-state index contributed by atoms with van der Waals surface area (Å²) in [7, 11) is -0.580. The summed E-state index contributed by atoms with van der Waals surface area (Å²) in [5.41, 5.74) is 0.614. The predicted molar refractivity (Wildman–Crippen MR) is 78.4 cm³/mol. The fourth-order valence-electron chi connectivity index (χ4n) is 2.30. The standard InChI is InChI=1S/C14H21NO5S/c1-10-6-12(18-2)13(19-3)7-14(10)21(16,17)15-8-11-4-5-20-9-11/h6-7,11,15H,4-5,8-9H2,1-3H3/t11-/m0/s1. The van der Waals surface area contributed by atoms with Crippen LogP contribution in [0.25, 0.3) is 0 Å². The van der Waals surface area contributed by atoms with Gasteiger partial charge in [-0.05, 0) is 30.9 Å². The van der Waals surface area contributed by atoms with Gasteiger partial charge in [-0.2, -0.15) is 0 Å². The van der Waals surface area contributed by atoms with Crippen LogP contribution in [0.3, 0.4) is 0 Å². The second-order valence-corrected chi connectivity index (χ2v) is 6.79. The summed E-state index contributed by atoms with van der Waals surface area (Å²) >= 11 is 0. The van der Waals surface area contributed by atoms with Crippen molar-refractivity contribution in [1.29, 1.82) is 0 Å². The SMILES string of the molecule is COc1cc(C)c(S(=O)(=O)NC[C@@H]2CCOC2)cc1OC. The number of hydrogen-bond donors (Lipinski definition) is 1. The zero-order valence-electron chi connectivity index (χ0n) is 12.5. The highest BCUT2D eigenvalue weighted by atomic mass is 32.2. The van der Waals surface area contributed by atoms with E-state index in [1.54, 1.807) is 13.0 Å². The average Bonchev–Trinajstić information content (AvgIpc) is 2.98. The van der Waals surface area contributed by atoms with Crippen molar-refractivity contribution in [3.8, 4) is 11.5 Å². The maximum atomic E-state index is 12.4. The van der Waals surface area contributed by atoms with E-state index in [0.717, 1.165) is 6.42 Å². The third-order valence-corrected chi connectivity index (χ3v) is 5.12. The van der Waals surface area contributed by atoms with Crippen molar-refractivity contribution in [2.24, 2.45) is 5.92 Å². The van der Waals surface area contributed by atoms with Crippen LogP contribution in [0.1, 0.15) is 12.0 Å². The van der Waals surface area contributed by atoms with Crippen molar-refractivity contribution in [2.75, 3.05) is 34.0 Å². The molecule has 0 aromatic heterocycles. The second kappa shape index (κ2) is 6.64. The second-order valence-electron chi connectivity index (χ2n) is 5.05. The lowest BCUT2D eigenvalue weighted by Gasteiger charge is -2.15. The van der Waals surface area contributed by atoms with Crippen molar-refractivity contribution >= 4 is 10.0 Å². The zero-order chi connectivity index (χ0) is 15.5. The van der Waals surface area contributed by atoms with Gasteiger partial charge < -0.3 is 14.2 Å². The normalized spacial score (nSPS) is 18.7. The molecule has 21 heavy (non-hydrogen) atoms. The molecule has 0 spiro atoms. The lowest BCUT2D eigenvalue weighted by molar-refractivity contribution is 0.186. The van der Waals surface area contributed by atoms with Crippen LogP contribution in [-0.2, 0) is 14.8 Å². The van der Waals surface area contributed by atoms with Crippen LogP contribution in [0.15, 0.2) is 17.0 Å². The molecule has 0 aliphatic carbocycles. The number of benzene rings is 1. The maximum Gasteiger partial charge on any atom is 0.240 e. The van der Waals surface area contributed by atoms with E-state index in [2.05, 4.69) is 4.72 Å². The molecule has 7 heteroatoms. The van der Waals surface area contributed by atoms with Crippen LogP contribution >= 0.6 is 0 Å². The first kappa shape index (κ1) is 16.1. The Balaban J connectivity index is 2.22. The molecule has 2 rings (SSSR count). The van der Waals surface area contributed by atoms with E-state index in [9.17, 15) is 8.42 Å². The molecule has 0 bridgehead atoms. The molecule has 0 unspecified atom stereocenters. The van der Waals surface area contributed by atoms with E-state index in [4.69, 9.17) is 14.2 Å². The highest BCUT2D eigenvalue weighted by Gasteiger charge is 2.23. The van der Waals surface area contributed by atoms with Gasteiger partial charge in [-0.3, -0.25) is 0 Å². The molecule has 1 aliphatic rings. The number of nitrogens with one attached hydrogen (secondary N) is 1. The van der Waals surface area contributed by atoms with Crippen molar-refractivity contribution in [3.63, 3.8) is 0 Å². The van der Waals surface area contributed by atoms with Gasteiger partial charge in [0.25, 0.3) is 0 Å². The van der Waals surface area contributed by atoms with E-state index in [-0.39, 0.29) is 10.8 Å². The predicted octanol–water partition coefficient (Wildman–Crippen LogP) is 1.33. The smallest absolute Gasteiger partial charge is 0.240 e. The summed E-state index contributed by atoms with van der Waals surface area (Å²) in [6.07, 6.45) is 0.882. The van der Waals surface area contributed by atoms with Gasteiger partial charge in [-0.1, -0.05) is 0 Å². The van der Waals surface area contributed by atoms with Gasteiger partial charge in [0, 0.05) is 19.2 Å². The van der Waals surface area contributed by atoms with Crippen molar-refractivity contribution in [1.82, 2.24) is 4.72 Å². The fraction of sp³-hybridized carbons (Fsp3) is 0.571. The molecule has 0 saturated carbocycles. The van der Waals surface area contributed by atoms with Gasteiger partial charge in [0.05, 0.1) is 25.7 Å². The molecule has 0 amide bonds. The van der Waals surface area contributed by atoms with Crippen molar-refractivity contribution in [3.05, 3.63) is 17.7 Å². The molecule has 1 heterocycles. The summed E-state index contributed by atoms with van der Waals surface area (Å²) in [6, 6.07) is 3.15. The molecule has 1 aliphatic heterocycles. The Morgan fingerprint density at radius 1 is 1.29 bits per heavy atom. The Morgan fingerprint density at radius 3 is 2.52 bits per heavy atom. The molecule has 1 fully saturated rings. The van der Waals surface area contributed by atoms with E-state index < -0.39 is 10.0 Å². The fourth-order valence-corrected chi connectivity index (χ4v) is 3.66. The number of aryl methyl sites for hydroxylation is 1. The van der Waals surface area contributed by atoms with E-state index in [0.29, 0.717) is 36.8 Å². The lowest BCUT2D eigenvalue weighted by atomic mass is 10.1. The highest BCUT2D eigenvalue weighted by Crippen LogP contribution is 2.32. The van der Waals surface area contributed by atoms with Gasteiger partial charge in [0.2, 0.25) is 10.0 Å². The number of methoxy groups -OCH3 is 2. The summed E-state index contributed by atoms with van der Waals surface area (Å²) in [4.78, 5) is 0.207. The molecule has 118 valence electrons. The molecule has 1 aromatic carbocycles. The van der Waals surface area contributed by atoms with Crippen LogP contribution in [0.2, 0.25) is 0 Å². The topological polar surface area (TPSA) is 73.9 Å². The molecule has 0 radical (unpaired) electrons. The van der Waals surface area contributed by atoms with Crippen LogP contribution in [0.4, 0.5) is 0 Å². The van der Waals surface area contributed by atoms with E-state index in [1.807, 2.05) is 0 Å². The Hall–Kier alpha value is -1.31.